The van der Waals surface area contributed by atoms with Crippen molar-refractivity contribution in [2.75, 3.05) is 5.32 Å². The second kappa shape index (κ2) is 11.7. The molecule has 154 valence electrons. The van der Waals surface area contributed by atoms with Gasteiger partial charge in [0.15, 0.2) is 0 Å². The van der Waals surface area contributed by atoms with E-state index in [1.54, 1.807) is 24.3 Å². The number of unbranched alkanes of at least 4 members (excludes halogenated alkanes) is 1. The normalized spacial score (nSPS) is 13.7. The van der Waals surface area contributed by atoms with E-state index in [9.17, 15) is 19.2 Å². The van der Waals surface area contributed by atoms with E-state index in [-0.39, 0.29) is 0 Å². The quantitative estimate of drug-likeness (QED) is 0.359. The van der Waals surface area contributed by atoms with Crippen LogP contribution in [0.3, 0.4) is 0 Å². The van der Waals surface area contributed by atoms with Crippen LogP contribution in [-0.2, 0) is 19.2 Å². The Kier molecular flexibility index (Phi) is 9.66. The fourth-order valence-electron chi connectivity index (χ4n) is 2.40. The Morgan fingerprint density at radius 1 is 1.00 bits per heavy atom. The number of carbonyl (C=O) groups excluding carboxylic acids is 4. The molecule has 1 rings (SSSR count). The van der Waals surface area contributed by atoms with E-state index in [1.165, 1.54) is 6.92 Å². The van der Waals surface area contributed by atoms with Gasteiger partial charge in [-0.15, -0.1) is 0 Å². The second-order valence-corrected chi connectivity index (χ2v) is 6.57. The number of nitrogens with one attached hydrogen (secondary N) is 3. The molecule has 3 atom stereocenters. The van der Waals surface area contributed by atoms with Gasteiger partial charge in [-0.05, 0) is 25.5 Å². The third kappa shape index (κ3) is 8.17. The van der Waals surface area contributed by atoms with Gasteiger partial charge in [-0.3, -0.25) is 19.2 Å². The van der Waals surface area contributed by atoms with Gasteiger partial charge in [0.25, 0.3) is 0 Å². The number of para-hydroxylation sites is 1. The summed E-state index contributed by atoms with van der Waals surface area (Å²) in [7, 11) is 0. The molecule has 4 amide bonds. The first-order chi connectivity index (χ1) is 13.2. The van der Waals surface area contributed by atoms with Crippen LogP contribution in [0.1, 0.15) is 39.5 Å². The summed E-state index contributed by atoms with van der Waals surface area (Å²) in [5.41, 5.74) is 11.6. The Labute approximate surface area is 164 Å². The number of carbonyl (C=O) groups is 4. The Morgan fingerprint density at radius 3 is 2.21 bits per heavy atom. The van der Waals surface area contributed by atoms with Crippen LogP contribution in [0.4, 0.5) is 5.69 Å². The monoisotopic (exact) mass is 391 g/mol. The van der Waals surface area contributed by atoms with Crippen molar-refractivity contribution in [1.82, 2.24) is 10.6 Å². The van der Waals surface area contributed by atoms with Crippen molar-refractivity contribution in [2.45, 2.75) is 57.7 Å². The van der Waals surface area contributed by atoms with Crippen LogP contribution in [-0.4, -0.2) is 41.8 Å². The lowest BCUT2D eigenvalue weighted by Crippen LogP contribution is -2.55. The molecular weight excluding hydrogens is 362 g/mol. The minimum Gasteiger partial charge on any atom is -0.370 e. The van der Waals surface area contributed by atoms with Crippen LogP contribution in [0.2, 0.25) is 0 Å². The Morgan fingerprint density at radius 2 is 1.64 bits per heavy atom. The van der Waals surface area contributed by atoms with Crippen LogP contribution in [0, 0.1) is 0 Å². The van der Waals surface area contributed by atoms with Gasteiger partial charge in [0.2, 0.25) is 23.6 Å². The molecule has 0 aliphatic heterocycles. The highest BCUT2D eigenvalue weighted by atomic mass is 16.2. The van der Waals surface area contributed by atoms with Gasteiger partial charge in [0.05, 0.1) is 12.5 Å². The van der Waals surface area contributed by atoms with Gasteiger partial charge in [0, 0.05) is 5.69 Å². The van der Waals surface area contributed by atoms with Crippen LogP contribution in [0.5, 0.6) is 0 Å². The summed E-state index contributed by atoms with van der Waals surface area (Å²) in [6.45, 7) is 3.46. The number of amides is 4. The van der Waals surface area contributed by atoms with Crippen LogP contribution in [0.25, 0.3) is 0 Å². The molecule has 0 heterocycles. The lowest BCUT2D eigenvalue weighted by atomic mass is 10.1. The number of primary amides is 1. The first kappa shape index (κ1) is 23.1. The minimum absolute atomic E-state index is 0.398. The van der Waals surface area contributed by atoms with Gasteiger partial charge >= 0.3 is 0 Å². The number of hydrogen-bond acceptors (Lipinski definition) is 5. The SMILES string of the molecule is CCCC[C@H](N)C(=O)N[C@@H](CC(N)=O)C(=O)N[C@@H](C)C(=O)Nc1ccccc1. The summed E-state index contributed by atoms with van der Waals surface area (Å²) in [5, 5.41) is 7.58. The first-order valence-corrected chi connectivity index (χ1v) is 9.25. The van der Waals surface area contributed by atoms with Crippen molar-refractivity contribution < 1.29 is 19.2 Å². The lowest BCUT2D eigenvalue weighted by Gasteiger charge is -2.22. The van der Waals surface area contributed by atoms with Gasteiger partial charge in [-0.25, -0.2) is 0 Å². The summed E-state index contributed by atoms with van der Waals surface area (Å²) >= 11 is 0. The lowest BCUT2D eigenvalue weighted by molar-refractivity contribution is -0.133. The summed E-state index contributed by atoms with van der Waals surface area (Å²) in [5.74, 6) is -2.44. The molecule has 7 N–H and O–H groups in total. The van der Waals surface area contributed by atoms with Crippen LogP contribution < -0.4 is 27.4 Å². The van der Waals surface area contributed by atoms with Crippen molar-refractivity contribution in [3.8, 4) is 0 Å². The van der Waals surface area contributed by atoms with E-state index in [0.717, 1.165) is 12.8 Å². The smallest absolute Gasteiger partial charge is 0.246 e. The largest absolute Gasteiger partial charge is 0.370 e. The van der Waals surface area contributed by atoms with Crippen molar-refractivity contribution in [3.05, 3.63) is 30.3 Å². The highest BCUT2D eigenvalue weighted by Gasteiger charge is 2.27. The maximum absolute atomic E-state index is 12.5. The minimum atomic E-state index is -1.20. The van der Waals surface area contributed by atoms with Gasteiger partial charge in [-0.1, -0.05) is 38.0 Å². The summed E-state index contributed by atoms with van der Waals surface area (Å²) in [6, 6.07) is 5.86. The van der Waals surface area contributed by atoms with Crippen LogP contribution >= 0.6 is 0 Å². The van der Waals surface area contributed by atoms with Gasteiger partial charge in [0.1, 0.15) is 12.1 Å². The molecule has 0 aliphatic carbocycles. The molecule has 0 spiro atoms. The van der Waals surface area contributed by atoms with E-state index >= 15 is 0 Å². The average molecular weight is 391 g/mol. The molecule has 0 radical (unpaired) electrons. The zero-order chi connectivity index (χ0) is 21.1. The number of anilines is 1. The molecule has 9 nitrogen and oxygen atoms in total. The number of benzene rings is 1. The van der Waals surface area contributed by atoms with Crippen LogP contribution in [0.15, 0.2) is 30.3 Å². The first-order valence-electron chi connectivity index (χ1n) is 9.25. The topological polar surface area (TPSA) is 156 Å². The fourth-order valence-corrected chi connectivity index (χ4v) is 2.40. The molecule has 28 heavy (non-hydrogen) atoms. The van der Waals surface area contributed by atoms with E-state index in [4.69, 9.17) is 11.5 Å². The molecule has 1 aromatic carbocycles. The standard InChI is InChI=1S/C19H29N5O4/c1-3-4-10-14(20)18(27)24-15(11-16(21)25)19(28)22-12(2)17(26)23-13-8-6-5-7-9-13/h5-9,12,14-15H,3-4,10-11,20H2,1-2H3,(H2,21,25)(H,22,28)(H,23,26)(H,24,27)/t12-,14-,15-/m0/s1. The summed E-state index contributed by atoms with van der Waals surface area (Å²) in [6.07, 6.45) is 1.70. The molecule has 0 bridgehead atoms. The summed E-state index contributed by atoms with van der Waals surface area (Å²) < 4.78 is 0. The number of hydrogen-bond donors (Lipinski definition) is 5. The molecule has 0 saturated heterocycles. The maximum Gasteiger partial charge on any atom is 0.246 e. The third-order valence-electron chi connectivity index (χ3n) is 4.04. The molecule has 0 fully saturated rings. The zero-order valence-corrected chi connectivity index (χ0v) is 16.2. The molecule has 0 saturated carbocycles. The fraction of sp³-hybridized carbons (Fsp3) is 0.474. The second-order valence-electron chi connectivity index (χ2n) is 6.57. The summed E-state index contributed by atoms with van der Waals surface area (Å²) in [4.78, 5) is 48.1. The maximum atomic E-state index is 12.5. The van der Waals surface area contributed by atoms with Crippen molar-refractivity contribution in [1.29, 1.82) is 0 Å². The van der Waals surface area contributed by atoms with Gasteiger partial charge < -0.3 is 27.4 Å². The van der Waals surface area contributed by atoms with E-state index in [0.29, 0.717) is 12.1 Å². The van der Waals surface area contributed by atoms with Crippen molar-refractivity contribution in [2.24, 2.45) is 11.5 Å². The van der Waals surface area contributed by atoms with E-state index in [1.807, 2.05) is 13.0 Å². The Balaban J connectivity index is 2.68. The predicted octanol–water partition coefficient (Wildman–Crippen LogP) is 0.00750. The zero-order valence-electron chi connectivity index (χ0n) is 16.2. The third-order valence-corrected chi connectivity index (χ3v) is 4.04. The molecule has 1 aromatic rings. The Bertz CT molecular complexity index is 680. The predicted molar refractivity (Wildman–Crippen MR) is 106 cm³/mol. The van der Waals surface area contributed by atoms with Crippen molar-refractivity contribution in [3.63, 3.8) is 0 Å². The van der Waals surface area contributed by atoms with E-state index in [2.05, 4.69) is 16.0 Å². The highest BCUT2D eigenvalue weighted by molar-refractivity contribution is 5.99. The molecule has 0 unspecified atom stereocenters. The van der Waals surface area contributed by atoms with E-state index < -0.39 is 48.2 Å². The Hall–Kier alpha value is -2.94. The average Bonchev–Trinajstić information content (AvgIpc) is 2.65. The number of nitrogens with two attached hydrogens (primary N) is 2. The molecule has 0 aliphatic rings. The highest BCUT2D eigenvalue weighted by Crippen LogP contribution is 2.06. The van der Waals surface area contributed by atoms with Crippen molar-refractivity contribution >= 4 is 29.3 Å². The molecule has 9 heteroatoms. The number of rotatable bonds is 11. The molecule has 0 aromatic heterocycles. The van der Waals surface area contributed by atoms with Gasteiger partial charge in [-0.2, -0.15) is 0 Å². The molecular formula is C19H29N5O4.